The van der Waals surface area contributed by atoms with Crippen LogP contribution in [-0.2, 0) is 15.7 Å². The van der Waals surface area contributed by atoms with Crippen LogP contribution in [0.1, 0.15) is 18.1 Å². The van der Waals surface area contributed by atoms with E-state index in [-0.39, 0.29) is 21.3 Å². The van der Waals surface area contributed by atoms with Crippen molar-refractivity contribution >= 4 is 46.5 Å². The van der Waals surface area contributed by atoms with Crippen molar-refractivity contribution in [3.8, 4) is 0 Å². The standard InChI is InChI=1S/C11H8Cl3F3N2O2/c1-4(20)21-10(14)9(19-18)8-6(12)2-5(3-7(8)13)11(15,16)17/h2-3,10H,18H2,1H3. The Bertz CT molecular complexity index is 568. The zero-order chi connectivity index (χ0) is 16.4. The van der Waals surface area contributed by atoms with Crippen molar-refractivity contribution in [2.75, 3.05) is 0 Å². The molecule has 1 aromatic rings. The minimum Gasteiger partial charge on any atom is -0.440 e. The number of benzene rings is 1. The third-order valence-electron chi connectivity index (χ3n) is 2.25. The summed E-state index contributed by atoms with van der Waals surface area (Å²) in [5, 5.41) is 2.53. The van der Waals surface area contributed by atoms with E-state index in [0.29, 0.717) is 12.1 Å². The van der Waals surface area contributed by atoms with Crippen LogP contribution in [0.3, 0.4) is 0 Å². The summed E-state index contributed by atoms with van der Waals surface area (Å²) in [6, 6.07) is 1.29. The lowest BCUT2D eigenvalue weighted by Crippen LogP contribution is -2.24. The molecule has 1 unspecified atom stereocenters. The molecule has 0 amide bonds. The first-order chi connectivity index (χ1) is 9.57. The van der Waals surface area contributed by atoms with Gasteiger partial charge in [-0.05, 0) is 12.1 Å². The molecule has 1 aromatic carbocycles. The number of nitrogens with zero attached hydrogens (tertiary/aromatic N) is 1. The monoisotopic (exact) mass is 362 g/mol. The van der Waals surface area contributed by atoms with Crippen molar-refractivity contribution in [1.29, 1.82) is 0 Å². The molecule has 1 atom stereocenters. The molecule has 21 heavy (non-hydrogen) atoms. The molecule has 4 nitrogen and oxygen atoms in total. The van der Waals surface area contributed by atoms with Crippen LogP contribution in [-0.4, -0.2) is 17.2 Å². The number of carbonyl (C=O) groups excluding carboxylic acids is 1. The number of carbonyl (C=O) groups is 1. The van der Waals surface area contributed by atoms with Crippen molar-refractivity contribution in [3.63, 3.8) is 0 Å². The lowest BCUT2D eigenvalue weighted by Gasteiger charge is -2.16. The van der Waals surface area contributed by atoms with Crippen LogP contribution in [0.2, 0.25) is 10.0 Å². The summed E-state index contributed by atoms with van der Waals surface area (Å²) in [5.41, 5.74) is -2.90. The average molecular weight is 364 g/mol. The van der Waals surface area contributed by atoms with Crippen molar-refractivity contribution in [3.05, 3.63) is 33.3 Å². The fraction of sp³-hybridized carbons (Fsp3) is 0.273. The first-order valence-electron chi connectivity index (χ1n) is 5.23. The van der Waals surface area contributed by atoms with Gasteiger partial charge in [-0.2, -0.15) is 18.3 Å². The predicted molar refractivity (Wildman–Crippen MR) is 73.6 cm³/mol. The first kappa shape index (κ1) is 17.9. The Kier molecular flexibility index (Phi) is 5.72. The molecule has 0 aliphatic carbocycles. The molecule has 0 spiro atoms. The Morgan fingerprint density at radius 2 is 1.81 bits per heavy atom. The van der Waals surface area contributed by atoms with Gasteiger partial charge in [-0.1, -0.05) is 34.8 Å². The summed E-state index contributed by atoms with van der Waals surface area (Å²) in [6.07, 6.45) is -4.62. The Balaban J connectivity index is 3.33. The van der Waals surface area contributed by atoms with E-state index in [2.05, 4.69) is 9.84 Å². The molecule has 116 valence electrons. The van der Waals surface area contributed by atoms with Crippen LogP contribution >= 0.6 is 34.8 Å². The largest absolute Gasteiger partial charge is 0.440 e. The maximum Gasteiger partial charge on any atom is 0.416 e. The smallest absolute Gasteiger partial charge is 0.416 e. The van der Waals surface area contributed by atoms with Crippen LogP contribution in [0.15, 0.2) is 17.2 Å². The fourth-order valence-corrected chi connectivity index (χ4v) is 2.39. The number of nitrogens with two attached hydrogens (primary N) is 1. The fourth-order valence-electron chi connectivity index (χ4n) is 1.42. The van der Waals surface area contributed by atoms with Gasteiger partial charge in [-0.3, -0.25) is 4.79 Å². The molecule has 0 radical (unpaired) electrons. The third kappa shape index (κ3) is 4.39. The van der Waals surface area contributed by atoms with E-state index >= 15 is 0 Å². The summed E-state index contributed by atoms with van der Waals surface area (Å²) >= 11 is 17.3. The normalized spacial score (nSPS) is 14.0. The van der Waals surface area contributed by atoms with Gasteiger partial charge in [0.1, 0.15) is 5.71 Å². The zero-order valence-electron chi connectivity index (χ0n) is 10.3. The van der Waals surface area contributed by atoms with Crippen LogP contribution in [0, 0.1) is 0 Å². The van der Waals surface area contributed by atoms with E-state index < -0.39 is 23.3 Å². The molecule has 0 aromatic heterocycles. The van der Waals surface area contributed by atoms with Crippen LogP contribution in [0.4, 0.5) is 13.2 Å². The SMILES string of the molecule is CC(=O)OC(Cl)C(=NN)c1c(Cl)cc(C(F)(F)F)cc1Cl. The molecule has 2 N–H and O–H groups in total. The van der Waals surface area contributed by atoms with Gasteiger partial charge >= 0.3 is 12.1 Å². The molecule has 0 aliphatic heterocycles. The Hall–Kier alpha value is -1.18. The molecule has 0 heterocycles. The van der Waals surface area contributed by atoms with Crippen molar-refractivity contribution in [2.24, 2.45) is 10.9 Å². The van der Waals surface area contributed by atoms with Crippen LogP contribution < -0.4 is 5.84 Å². The summed E-state index contributed by atoms with van der Waals surface area (Å²) < 4.78 is 42.5. The average Bonchev–Trinajstić information content (AvgIpc) is 2.31. The molecule has 0 bridgehead atoms. The lowest BCUT2D eigenvalue weighted by atomic mass is 10.1. The van der Waals surface area contributed by atoms with E-state index in [1.165, 1.54) is 0 Å². The molecule has 0 saturated carbocycles. The number of esters is 1. The number of rotatable bonds is 3. The lowest BCUT2D eigenvalue weighted by molar-refractivity contribution is -0.140. The molecule has 0 fully saturated rings. The molecular weight excluding hydrogens is 355 g/mol. The van der Waals surface area contributed by atoms with Crippen LogP contribution in [0.5, 0.6) is 0 Å². The summed E-state index contributed by atoms with van der Waals surface area (Å²) in [4.78, 5) is 10.8. The van der Waals surface area contributed by atoms with Crippen molar-refractivity contribution < 1.29 is 22.7 Å². The van der Waals surface area contributed by atoms with Gasteiger partial charge < -0.3 is 10.6 Å². The molecule has 10 heteroatoms. The number of hydrogen-bond acceptors (Lipinski definition) is 4. The molecule has 1 rings (SSSR count). The second-order valence-electron chi connectivity index (χ2n) is 3.75. The van der Waals surface area contributed by atoms with Gasteiger partial charge in [0.25, 0.3) is 0 Å². The van der Waals surface area contributed by atoms with E-state index in [9.17, 15) is 18.0 Å². The number of ether oxygens (including phenoxy) is 1. The van der Waals surface area contributed by atoms with Gasteiger partial charge in [0.2, 0.25) is 5.56 Å². The maximum atomic E-state index is 12.6. The number of hydrogen-bond donors (Lipinski definition) is 1. The highest BCUT2D eigenvalue weighted by atomic mass is 35.5. The second-order valence-corrected chi connectivity index (χ2v) is 4.96. The van der Waals surface area contributed by atoms with E-state index in [1.54, 1.807) is 0 Å². The van der Waals surface area contributed by atoms with E-state index in [0.717, 1.165) is 6.92 Å². The molecule has 0 saturated heterocycles. The molecular formula is C11H8Cl3F3N2O2. The van der Waals surface area contributed by atoms with Crippen LogP contribution in [0.25, 0.3) is 0 Å². The van der Waals surface area contributed by atoms with Crippen molar-refractivity contribution in [2.45, 2.75) is 18.7 Å². The number of alkyl halides is 4. The highest BCUT2D eigenvalue weighted by Gasteiger charge is 2.33. The summed E-state index contributed by atoms with van der Waals surface area (Å²) in [6.45, 7) is 1.08. The first-order valence-corrected chi connectivity index (χ1v) is 6.42. The van der Waals surface area contributed by atoms with Gasteiger partial charge in [0.05, 0.1) is 15.6 Å². The molecule has 0 aliphatic rings. The van der Waals surface area contributed by atoms with Gasteiger partial charge in [-0.25, -0.2) is 0 Å². The topological polar surface area (TPSA) is 64.7 Å². The van der Waals surface area contributed by atoms with Gasteiger partial charge in [-0.15, -0.1) is 0 Å². The Labute approximate surface area is 132 Å². The van der Waals surface area contributed by atoms with Crippen molar-refractivity contribution in [1.82, 2.24) is 0 Å². The number of halogens is 6. The van der Waals surface area contributed by atoms with E-state index in [4.69, 9.17) is 40.6 Å². The summed E-state index contributed by atoms with van der Waals surface area (Å²) in [5.74, 6) is 4.38. The number of hydrazone groups is 1. The minimum atomic E-state index is -4.62. The minimum absolute atomic E-state index is 0.143. The highest BCUT2D eigenvalue weighted by Crippen LogP contribution is 2.36. The van der Waals surface area contributed by atoms with E-state index in [1.807, 2.05) is 0 Å². The van der Waals surface area contributed by atoms with Gasteiger partial charge in [0, 0.05) is 12.5 Å². The Morgan fingerprint density at radius 3 is 2.14 bits per heavy atom. The van der Waals surface area contributed by atoms with Gasteiger partial charge in [0.15, 0.2) is 0 Å². The predicted octanol–water partition coefficient (Wildman–Crippen LogP) is 3.80. The zero-order valence-corrected chi connectivity index (χ0v) is 12.6. The maximum absolute atomic E-state index is 12.6. The quantitative estimate of drug-likeness (QED) is 0.292. The second kappa shape index (κ2) is 6.72. The highest BCUT2D eigenvalue weighted by molar-refractivity contribution is 6.44. The third-order valence-corrected chi connectivity index (χ3v) is 3.14. The summed E-state index contributed by atoms with van der Waals surface area (Å²) in [7, 11) is 0. The Morgan fingerprint density at radius 1 is 1.33 bits per heavy atom.